The summed E-state index contributed by atoms with van der Waals surface area (Å²) in [5.74, 6) is -0.131. The summed E-state index contributed by atoms with van der Waals surface area (Å²) in [6, 6.07) is 1.19. The van der Waals surface area contributed by atoms with Gasteiger partial charge in [-0.05, 0) is 6.07 Å². The topological polar surface area (TPSA) is 250 Å². The van der Waals surface area contributed by atoms with Gasteiger partial charge in [-0.1, -0.05) is 23.2 Å². The minimum atomic E-state index is -5.73. The van der Waals surface area contributed by atoms with E-state index in [1.54, 1.807) is 0 Å². The van der Waals surface area contributed by atoms with Gasteiger partial charge in [0.05, 0.1) is 6.61 Å². The van der Waals surface area contributed by atoms with Gasteiger partial charge >= 0.3 is 29.2 Å². The van der Waals surface area contributed by atoms with Crippen LogP contribution in [-0.4, -0.2) is 57.4 Å². The molecule has 0 aromatic carbocycles. The number of aliphatic hydroxyl groups is 1. The van der Waals surface area contributed by atoms with Crippen LogP contribution < -0.4 is 11.4 Å². The van der Waals surface area contributed by atoms with Crippen molar-refractivity contribution in [2.75, 3.05) is 12.3 Å². The first kappa shape index (κ1) is 25.8. The molecule has 2 rings (SSSR count). The van der Waals surface area contributed by atoms with Gasteiger partial charge in [0.25, 0.3) is 0 Å². The van der Waals surface area contributed by atoms with Crippen LogP contribution >= 0.6 is 46.7 Å². The summed E-state index contributed by atoms with van der Waals surface area (Å²) in [6.45, 7) is -1.04. The Morgan fingerprint density at radius 1 is 1.20 bits per heavy atom. The highest BCUT2D eigenvalue weighted by molar-refractivity contribution is 7.66. The number of nitrogen functional groups attached to an aromatic ring is 1. The van der Waals surface area contributed by atoms with Crippen molar-refractivity contribution in [2.24, 2.45) is 0 Å². The molecule has 0 saturated carbocycles. The van der Waals surface area contributed by atoms with Crippen molar-refractivity contribution in [3.05, 3.63) is 22.7 Å². The van der Waals surface area contributed by atoms with Gasteiger partial charge in [0.15, 0.2) is 10.6 Å². The van der Waals surface area contributed by atoms with Gasteiger partial charge in [-0.15, -0.1) is 0 Å². The van der Waals surface area contributed by atoms with Crippen molar-refractivity contribution in [1.29, 1.82) is 0 Å². The predicted molar refractivity (Wildman–Crippen MR) is 97.1 cm³/mol. The van der Waals surface area contributed by atoms with Crippen LogP contribution in [0.4, 0.5) is 5.82 Å². The number of phosphoric ester groups is 1. The van der Waals surface area contributed by atoms with E-state index >= 15 is 0 Å². The van der Waals surface area contributed by atoms with E-state index in [2.05, 4.69) is 18.1 Å². The molecular weight excluding hydrogens is 522 g/mol. The first-order chi connectivity index (χ1) is 13.4. The molecule has 1 aromatic rings. The molecule has 21 heteroatoms. The maximum Gasteiger partial charge on any atom is 0.490 e. The van der Waals surface area contributed by atoms with Crippen LogP contribution in [0.25, 0.3) is 0 Å². The van der Waals surface area contributed by atoms with E-state index in [9.17, 15) is 28.5 Å². The van der Waals surface area contributed by atoms with Crippen LogP contribution in [0.3, 0.4) is 0 Å². The van der Waals surface area contributed by atoms with Gasteiger partial charge in [-0.25, -0.2) is 18.5 Å². The highest BCUT2D eigenvalue weighted by atomic mass is 35.5. The summed E-state index contributed by atoms with van der Waals surface area (Å²) in [7, 11) is -16.8. The van der Waals surface area contributed by atoms with Crippen molar-refractivity contribution in [1.82, 2.24) is 9.55 Å². The van der Waals surface area contributed by atoms with Crippen molar-refractivity contribution in [2.45, 2.75) is 22.8 Å². The Morgan fingerprint density at radius 3 is 2.33 bits per heavy atom. The minimum absolute atomic E-state index is 0.131. The number of anilines is 1. The summed E-state index contributed by atoms with van der Waals surface area (Å²) >= 11 is 12.0. The van der Waals surface area contributed by atoms with E-state index in [-0.39, 0.29) is 5.82 Å². The molecule has 172 valence electrons. The number of hydrogen-bond donors (Lipinski definition) is 6. The molecule has 7 N–H and O–H groups in total. The standard InChI is InChI=1S/C9H14Cl2N3O13P3/c10-9(11)6(15)4(25-7(9)14-2-1-5(12)13-8(14)16)3-24-29(20,21)27-30(22,23)26-28(17,18)19/h1-2,4,6-7,15H,3H2,(H,20,21)(H,22,23)(H2,12,13,16)(H2,17,18,19)/t4-,6-,7-/m1/s1. The van der Waals surface area contributed by atoms with Crippen LogP contribution in [0.5, 0.6) is 0 Å². The molecule has 16 nitrogen and oxygen atoms in total. The molecule has 0 radical (unpaired) electrons. The Hall–Kier alpha value is -0.410. The second kappa shape index (κ2) is 8.85. The van der Waals surface area contributed by atoms with Gasteiger partial charge in [0, 0.05) is 6.20 Å². The molecule has 1 aliphatic heterocycles. The third kappa shape index (κ3) is 6.55. The number of phosphoric acid groups is 3. The second-order valence-electron chi connectivity index (χ2n) is 5.58. The smallest absolute Gasteiger partial charge is 0.387 e. The number of aliphatic hydroxyl groups excluding tert-OH is 1. The van der Waals surface area contributed by atoms with E-state index in [4.69, 9.17) is 48.4 Å². The average Bonchev–Trinajstić information content (AvgIpc) is 2.73. The fourth-order valence-electron chi connectivity index (χ4n) is 2.18. The summed E-state index contributed by atoms with van der Waals surface area (Å²) in [5.41, 5.74) is 4.40. The van der Waals surface area contributed by atoms with E-state index in [0.29, 0.717) is 0 Å². The van der Waals surface area contributed by atoms with Crippen LogP contribution in [-0.2, 0) is 31.6 Å². The second-order valence-corrected chi connectivity index (χ2v) is 11.4. The molecule has 2 unspecified atom stereocenters. The average molecular weight is 536 g/mol. The number of alkyl halides is 2. The van der Waals surface area contributed by atoms with Crippen molar-refractivity contribution in [3.8, 4) is 0 Å². The molecule has 1 aromatic heterocycles. The predicted octanol–water partition coefficient (Wildman–Crippen LogP) is -0.399. The summed E-state index contributed by atoms with van der Waals surface area (Å²) in [5, 5.41) is 10.2. The molecule has 0 amide bonds. The SMILES string of the molecule is Nc1ccn([C@@H]2O[C@H](COP(=O)(O)OP(=O)(O)OP(=O)(O)O)[C@@H](O)C2(Cl)Cl)c(=O)n1. The number of rotatable bonds is 8. The fraction of sp³-hybridized carbons (Fsp3) is 0.556. The lowest BCUT2D eigenvalue weighted by molar-refractivity contribution is -0.0452. The molecule has 30 heavy (non-hydrogen) atoms. The molecule has 1 aliphatic rings. The molecule has 2 heterocycles. The maximum absolute atomic E-state index is 11.9. The number of aromatic nitrogens is 2. The van der Waals surface area contributed by atoms with Crippen molar-refractivity contribution < 1.29 is 56.3 Å². The van der Waals surface area contributed by atoms with E-state index in [1.807, 2.05) is 0 Å². The molecule has 0 bridgehead atoms. The molecule has 5 atom stereocenters. The van der Waals surface area contributed by atoms with Gasteiger partial charge in [0.2, 0.25) is 0 Å². The van der Waals surface area contributed by atoms with Gasteiger partial charge in [-0.2, -0.15) is 13.6 Å². The highest BCUT2D eigenvalue weighted by Gasteiger charge is 2.56. The zero-order valence-corrected chi connectivity index (χ0v) is 18.4. The molecule has 1 fully saturated rings. The highest BCUT2D eigenvalue weighted by Crippen LogP contribution is 2.66. The lowest BCUT2D eigenvalue weighted by Crippen LogP contribution is -2.40. The summed E-state index contributed by atoms with van der Waals surface area (Å²) < 4.78 is 48.9. The largest absolute Gasteiger partial charge is 0.490 e. The van der Waals surface area contributed by atoms with Crippen molar-refractivity contribution in [3.63, 3.8) is 0 Å². The van der Waals surface area contributed by atoms with Crippen molar-refractivity contribution >= 4 is 52.5 Å². The van der Waals surface area contributed by atoms with E-state index < -0.39 is 58.5 Å². The Labute approximate surface area is 176 Å². The zero-order valence-electron chi connectivity index (χ0n) is 14.2. The maximum atomic E-state index is 11.9. The quantitative estimate of drug-likeness (QED) is 0.183. The monoisotopic (exact) mass is 535 g/mol. The first-order valence-corrected chi connectivity index (χ1v) is 12.6. The molecule has 0 spiro atoms. The number of nitrogens with two attached hydrogens (primary N) is 1. The Bertz CT molecular complexity index is 998. The number of ether oxygens (including phenoxy) is 1. The Morgan fingerprint density at radius 2 is 1.80 bits per heavy atom. The lowest BCUT2D eigenvalue weighted by Gasteiger charge is -2.24. The zero-order chi connectivity index (χ0) is 23.1. The fourth-order valence-corrected chi connectivity index (χ4v) is 5.81. The summed E-state index contributed by atoms with van der Waals surface area (Å²) in [6.07, 6.45) is -3.88. The number of hydrogen-bond acceptors (Lipinski definition) is 11. The van der Waals surface area contributed by atoms with E-state index in [0.717, 1.165) is 10.8 Å². The summed E-state index contributed by atoms with van der Waals surface area (Å²) in [4.78, 5) is 50.8. The minimum Gasteiger partial charge on any atom is -0.387 e. The lowest BCUT2D eigenvalue weighted by atomic mass is 10.2. The number of halogens is 2. The van der Waals surface area contributed by atoms with E-state index in [1.165, 1.54) is 6.07 Å². The molecular formula is C9H14Cl2N3O13P3. The molecule has 0 aliphatic carbocycles. The van der Waals surface area contributed by atoms with Gasteiger partial charge in [0.1, 0.15) is 18.0 Å². The normalized spacial score (nSPS) is 28.0. The Balaban J connectivity index is 2.12. The molecule has 1 saturated heterocycles. The van der Waals surface area contributed by atoms with Gasteiger partial charge < -0.3 is 35.2 Å². The van der Waals surface area contributed by atoms with Crippen LogP contribution in [0.15, 0.2) is 17.1 Å². The van der Waals surface area contributed by atoms with Crippen LogP contribution in [0, 0.1) is 0 Å². The van der Waals surface area contributed by atoms with Gasteiger partial charge in [-0.3, -0.25) is 9.09 Å². The van der Waals surface area contributed by atoms with Crippen LogP contribution in [0.1, 0.15) is 6.23 Å². The Kier molecular flexibility index (Phi) is 7.62. The third-order valence-electron chi connectivity index (χ3n) is 3.30. The van der Waals surface area contributed by atoms with Crippen LogP contribution in [0.2, 0.25) is 0 Å². The first-order valence-electron chi connectivity index (χ1n) is 7.28. The third-order valence-corrected chi connectivity index (χ3v) is 7.92. The number of nitrogens with zero attached hydrogens (tertiary/aromatic N) is 2.